The summed E-state index contributed by atoms with van der Waals surface area (Å²) in [5.74, 6) is 0.691. The highest BCUT2D eigenvalue weighted by Crippen LogP contribution is 2.33. The maximum absolute atomic E-state index is 13.2. The van der Waals surface area contributed by atoms with Crippen LogP contribution in [0.25, 0.3) is 10.8 Å². The standard InChI is InChI=1S/C18H18N4O2/c1-24-13-10-15(17-20-8-9-21-17)22(11-13)18(23)16-14-5-3-2-4-12(14)6-7-19-16/h2-9,13,15H,10-11H2,1H3,(H,20,21)/t13-,15?/m1/s1. The smallest absolute Gasteiger partial charge is 0.273 e. The van der Waals surface area contributed by atoms with Crippen molar-refractivity contribution in [3.8, 4) is 0 Å². The third kappa shape index (κ3) is 2.45. The number of rotatable bonds is 3. The molecule has 24 heavy (non-hydrogen) atoms. The number of nitrogens with one attached hydrogen (secondary N) is 1. The fourth-order valence-electron chi connectivity index (χ4n) is 3.34. The topological polar surface area (TPSA) is 71.1 Å². The second kappa shape index (κ2) is 6.05. The van der Waals surface area contributed by atoms with Gasteiger partial charge in [0.1, 0.15) is 11.5 Å². The molecule has 0 aliphatic carbocycles. The number of amides is 1. The molecular formula is C18H18N4O2. The molecule has 1 fully saturated rings. The van der Waals surface area contributed by atoms with E-state index in [0.29, 0.717) is 12.2 Å². The Labute approximate surface area is 139 Å². The number of benzene rings is 1. The number of likely N-dealkylation sites (tertiary alicyclic amines) is 1. The number of pyridine rings is 1. The molecule has 2 atom stereocenters. The molecule has 0 saturated carbocycles. The Balaban J connectivity index is 1.74. The lowest BCUT2D eigenvalue weighted by molar-refractivity contribution is 0.0681. The van der Waals surface area contributed by atoms with Crippen molar-refractivity contribution in [1.82, 2.24) is 19.9 Å². The van der Waals surface area contributed by atoms with Crippen LogP contribution in [-0.2, 0) is 4.74 Å². The number of hydrogen-bond acceptors (Lipinski definition) is 4. The maximum Gasteiger partial charge on any atom is 0.273 e. The number of H-pyrrole nitrogens is 1. The van der Waals surface area contributed by atoms with E-state index in [1.807, 2.05) is 35.2 Å². The molecule has 1 aromatic carbocycles. The first-order valence-electron chi connectivity index (χ1n) is 7.94. The van der Waals surface area contributed by atoms with Gasteiger partial charge in [-0.25, -0.2) is 4.98 Å². The van der Waals surface area contributed by atoms with Gasteiger partial charge in [0, 0.05) is 44.1 Å². The Hall–Kier alpha value is -2.73. The Morgan fingerprint density at radius 1 is 1.25 bits per heavy atom. The van der Waals surface area contributed by atoms with Crippen LogP contribution in [0, 0.1) is 0 Å². The number of hydrogen-bond donors (Lipinski definition) is 1. The molecule has 1 aliphatic heterocycles. The number of nitrogens with zero attached hydrogens (tertiary/aromatic N) is 3. The second-order valence-electron chi connectivity index (χ2n) is 5.92. The van der Waals surface area contributed by atoms with E-state index in [9.17, 15) is 4.79 Å². The Morgan fingerprint density at radius 2 is 2.12 bits per heavy atom. The summed E-state index contributed by atoms with van der Waals surface area (Å²) in [6.45, 7) is 0.533. The van der Waals surface area contributed by atoms with E-state index in [2.05, 4.69) is 15.0 Å². The summed E-state index contributed by atoms with van der Waals surface area (Å²) in [5.41, 5.74) is 0.474. The predicted molar refractivity (Wildman–Crippen MR) is 89.5 cm³/mol. The van der Waals surface area contributed by atoms with Crippen molar-refractivity contribution in [3.05, 3.63) is 60.4 Å². The van der Waals surface area contributed by atoms with Gasteiger partial charge in [0.2, 0.25) is 0 Å². The highest BCUT2D eigenvalue weighted by molar-refractivity contribution is 6.05. The lowest BCUT2D eigenvalue weighted by Crippen LogP contribution is -2.33. The molecule has 1 aliphatic rings. The first-order chi connectivity index (χ1) is 11.8. The average Bonchev–Trinajstić information content (AvgIpc) is 3.29. The fourth-order valence-corrected chi connectivity index (χ4v) is 3.34. The lowest BCUT2D eigenvalue weighted by Gasteiger charge is -2.23. The number of methoxy groups -OCH3 is 1. The van der Waals surface area contributed by atoms with Crippen molar-refractivity contribution in [3.63, 3.8) is 0 Å². The lowest BCUT2D eigenvalue weighted by atomic mass is 10.1. The third-order valence-corrected chi connectivity index (χ3v) is 4.57. The molecule has 0 bridgehead atoms. The SMILES string of the molecule is CO[C@@H]1CC(c2ncc[nH]2)N(C(=O)c2nccc3ccccc23)C1. The first-order valence-corrected chi connectivity index (χ1v) is 7.94. The molecule has 1 saturated heterocycles. The van der Waals surface area contributed by atoms with E-state index in [0.717, 1.165) is 23.0 Å². The van der Waals surface area contributed by atoms with Gasteiger partial charge < -0.3 is 14.6 Å². The zero-order chi connectivity index (χ0) is 16.5. The number of carbonyl (C=O) groups excluding carboxylic acids is 1. The fraction of sp³-hybridized carbons (Fsp3) is 0.278. The minimum Gasteiger partial charge on any atom is -0.380 e. The number of aromatic amines is 1. The molecule has 6 nitrogen and oxygen atoms in total. The van der Waals surface area contributed by atoms with Crippen LogP contribution in [0.4, 0.5) is 0 Å². The molecule has 6 heteroatoms. The summed E-state index contributed by atoms with van der Waals surface area (Å²) in [4.78, 5) is 26.8. The van der Waals surface area contributed by atoms with Crippen molar-refractivity contribution < 1.29 is 9.53 Å². The zero-order valence-corrected chi connectivity index (χ0v) is 13.3. The van der Waals surface area contributed by atoms with Crippen molar-refractivity contribution in [1.29, 1.82) is 0 Å². The van der Waals surface area contributed by atoms with E-state index in [1.165, 1.54) is 0 Å². The van der Waals surface area contributed by atoms with Crippen LogP contribution in [0.5, 0.6) is 0 Å². The van der Waals surface area contributed by atoms with Gasteiger partial charge in [-0.1, -0.05) is 24.3 Å². The van der Waals surface area contributed by atoms with Crippen LogP contribution in [0.15, 0.2) is 48.9 Å². The Bertz CT molecular complexity index is 857. The molecule has 122 valence electrons. The van der Waals surface area contributed by atoms with Gasteiger partial charge >= 0.3 is 0 Å². The molecule has 3 aromatic rings. The molecule has 3 heterocycles. The number of aromatic nitrogens is 3. The van der Waals surface area contributed by atoms with E-state index in [1.54, 1.807) is 25.7 Å². The van der Waals surface area contributed by atoms with Crippen LogP contribution in [0.3, 0.4) is 0 Å². The van der Waals surface area contributed by atoms with Gasteiger partial charge in [0.25, 0.3) is 5.91 Å². The summed E-state index contributed by atoms with van der Waals surface area (Å²) in [6.07, 6.45) is 5.88. The van der Waals surface area contributed by atoms with Crippen LogP contribution in [0.1, 0.15) is 28.8 Å². The Morgan fingerprint density at radius 3 is 2.92 bits per heavy atom. The number of imidazole rings is 1. The molecule has 0 spiro atoms. The second-order valence-corrected chi connectivity index (χ2v) is 5.92. The van der Waals surface area contributed by atoms with E-state index in [-0.39, 0.29) is 18.1 Å². The minimum atomic E-state index is -0.127. The van der Waals surface area contributed by atoms with Crippen molar-refractivity contribution in [2.75, 3.05) is 13.7 Å². The molecule has 1 amide bonds. The third-order valence-electron chi connectivity index (χ3n) is 4.57. The number of fused-ring (bicyclic) bond motifs is 1. The first kappa shape index (κ1) is 14.8. The van der Waals surface area contributed by atoms with E-state index < -0.39 is 0 Å². The van der Waals surface area contributed by atoms with Crippen molar-refractivity contribution in [2.24, 2.45) is 0 Å². The predicted octanol–water partition coefficient (Wildman–Crippen LogP) is 2.56. The summed E-state index contributed by atoms with van der Waals surface area (Å²) in [7, 11) is 1.67. The maximum atomic E-state index is 13.2. The highest BCUT2D eigenvalue weighted by atomic mass is 16.5. The van der Waals surface area contributed by atoms with Gasteiger partial charge in [-0.05, 0) is 11.5 Å². The highest BCUT2D eigenvalue weighted by Gasteiger charge is 2.38. The summed E-state index contributed by atoms with van der Waals surface area (Å²) >= 11 is 0. The van der Waals surface area contributed by atoms with Crippen LogP contribution >= 0.6 is 0 Å². The molecule has 4 rings (SSSR count). The average molecular weight is 322 g/mol. The largest absolute Gasteiger partial charge is 0.380 e. The molecular weight excluding hydrogens is 304 g/mol. The van der Waals surface area contributed by atoms with E-state index >= 15 is 0 Å². The molecule has 1 N–H and O–H groups in total. The van der Waals surface area contributed by atoms with Crippen LogP contribution in [-0.4, -0.2) is 45.5 Å². The zero-order valence-electron chi connectivity index (χ0n) is 13.3. The molecule has 0 radical (unpaired) electrons. The summed E-state index contributed by atoms with van der Waals surface area (Å²) in [6, 6.07) is 9.59. The van der Waals surface area contributed by atoms with Gasteiger partial charge in [-0.2, -0.15) is 0 Å². The van der Waals surface area contributed by atoms with Gasteiger partial charge in [0.15, 0.2) is 0 Å². The molecule has 2 aromatic heterocycles. The van der Waals surface area contributed by atoms with E-state index in [4.69, 9.17) is 4.74 Å². The number of ether oxygens (including phenoxy) is 1. The quantitative estimate of drug-likeness (QED) is 0.804. The van der Waals surface area contributed by atoms with Crippen LogP contribution < -0.4 is 0 Å². The summed E-state index contributed by atoms with van der Waals surface area (Å²) in [5, 5.41) is 1.87. The minimum absolute atomic E-state index is 0.000901. The number of carbonyl (C=O) groups is 1. The van der Waals surface area contributed by atoms with Crippen molar-refractivity contribution >= 4 is 16.7 Å². The molecule has 1 unspecified atom stereocenters. The normalized spacial score (nSPS) is 20.6. The van der Waals surface area contributed by atoms with Gasteiger partial charge in [0.05, 0.1) is 12.1 Å². The van der Waals surface area contributed by atoms with Crippen molar-refractivity contribution in [2.45, 2.75) is 18.6 Å². The Kier molecular flexibility index (Phi) is 3.74. The monoisotopic (exact) mass is 322 g/mol. The van der Waals surface area contributed by atoms with Crippen LogP contribution in [0.2, 0.25) is 0 Å². The summed E-state index contributed by atoms with van der Waals surface area (Å²) < 4.78 is 5.49. The van der Waals surface area contributed by atoms with Gasteiger partial charge in [-0.15, -0.1) is 0 Å². The van der Waals surface area contributed by atoms with Gasteiger partial charge in [-0.3, -0.25) is 9.78 Å².